The van der Waals surface area contributed by atoms with Crippen molar-refractivity contribution in [2.45, 2.75) is 13.0 Å². The Morgan fingerprint density at radius 3 is 2.60 bits per heavy atom. The highest BCUT2D eigenvalue weighted by Crippen LogP contribution is 2.30. The molecule has 0 fully saturated rings. The fourth-order valence-electron chi connectivity index (χ4n) is 1.29. The number of benzene rings is 1. The summed E-state index contributed by atoms with van der Waals surface area (Å²) in [4.78, 5) is 10.7. The molecule has 0 aliphatic heterocycles. The summed E-state index contributed by atoms with van der Waals surface area (Å²) in [6.45, 7) is 1.74. The van der Waals surface area contributed by atoms with Crippen LogP contribution in [0.5, 0.6) is 11.5 Å². The Kier molecular flexibility index (Phi) is 3.16. The average molecular weight is 211 g/mol. The minimum Gasteiger partial charge on any atom is -0.508 e. The average Bonchev–Trinajstić information content (AvgIpc) is 2.17. The van der Waals surface area contributed by atoms with Gasteiger partial charge in [-0.2, -0.15) is 0 Å². The number of ether oxygens (including phenoxy) is 1. The third-order valence-electron chi connectivity index (χ3n) is 2.15. The highest BCUT2D eigenvalue weighted by atomic mass is 16.5. The number of carboxylic acid groups (broad SMARTS) is 1. The van der Waals surface area contributed by atoms with Gasteiger partial charge < -0.3 is 20.7 Å². The molecule has 0 amide bonds. The molecule has 1 unspecified atom stereocenters. The van der Waals surface area contributed by atoms with Gasteiger partial charge in [0.1, 0.15) is 17.5 Å². The molecule has 0 aliphatic rings. The second-order valence-corrected chi connectivity index (χ2v) is 3.20. The fraction of sp³-hybridized carbons (Fsp3) is 0.300. The lowest BCUT2D eigenvalue weighted by molar-refractivity contribution is -0.138. The fourth-order valence-corrected chi connectivity index (χ4v) is 1.29. The number of rotatable bonds is 3. The Balaban J connectivity index is 3.24. The van der Waals surface area contributed by atoms with Crippen molar-refractivity contribution in [1.29, 1.82) is 0 Å². The maximum atomic E-state index is 10.7. The van der Waals surface area contributed by atoms with E-state index in [0.29, 0.717) is 5.75 Å². The number of nitrogens with two attached hydrogens (primary N) is 1. The van der Waals surface area contributed by atoms with Crippen LogP contribution in [-0.2, 0) is 4.79 Å². The SMILES string of the molecule is COc1cc(C(N)C(=O)O)c(O)cc1C. The molecule has 82 valence electrons. The van der Waals surface area contributed by atoms with E-state index in [9.17, 15) is 9.90 Å². The molecule has 0 heterocycles. The normalized spacial score (nSPS) is 12.2. The standard InChI is InChI=1S/C10H13NO4/c1-5-3-7(12)6(4-8(5)15-2)9(11)10(13)14/h3-4,9,12H,11H2,1-2H3,(H,13,14). The van der Waals surface area contributed by atoms with E-state index in [4.69, 9.17) is 15.6 Å². The Hall–Kier alpha value is -1.75. The zero-order chi connectivity index (χ0) is 11.6. The van der Waals surface area contributed by atoms with E-state index in [1.807, 2.05) is 0 Å². The molecule has 5 nitrogen and oxygen atoms in total. The number of aromatic hydroxyl groups is 1. The van der Waals surface area contributed by atoms with E-state index >= 15 is 0 Å². The van der Waals surface area contributed by atoms with E-state index in [-0.39, 0.29) is 11.3 Å². The quantitative estimate of drug-likeness (QED) is 0.687. The zero-order valence-electron chi connectivity index (χ0n) is 8.52. The Labute approximate surface area is 87.1 Å². The number of aryl methyl sites for hydroxylation is 1. The third kappa shape index (κ3) is 2.19. The molecule has 4 N–H and O–H groups in total. The lowest BCUT2D eigenvalue weighted by atomic mass is 10.0. The van der Waals surface area contributed by atoms with E-state index in [1.54, 1.807) is 6.92 Å². The summed E-state index contributed by atoms with van der Waals surface area (Å²) in [6.07, 6.45) is 0. The molecule has 5 heteroatoms. The summed E-state index contributed by atoms with van der Waals surface area (Å²) >= 11 is 0. The van der Waals surface area contributed by atoms with Crippen LogP contribution in [0.1, 0.15) is 17.2 Å². The van der Waals surface area contributed by atoms with Gasteiger partial charge in [-0.05, 0) is 24.6 Å². The van der Waals surface area contributed by atoms with E-state index in [2.05, 4.69) is 0 Å². The van der Waals surface area contributed by atoms with Gasteiger partial charge >= 0.3 is 5.97 Å². The maximum absolute atomic E-state index is 10.7. The predicted molar refractivity (Wildman–Crippen MR) is 54.0 cm³/mol. The minimum absolute atomic E-state index is 0.136. The first-order valence-electron chi connectivity index (χ1n) is 4.33. The van der Waals surface area contributed by atoms with Crippen LogP contribution in [0.2, 0.25) is 0 Å². The van der Waals surface area contributed by atoms with Crippen LogP contribution in [0, 0.1) is 6.92 Å². The number of aliphatic carboxylic acids is 1. The van der Waals surface area contributed by atoms with Crippen molar-refractivity contribution >= 4 is 5.97 Å². The highest BCUT2D eigenvalue weighted by molar-refractivity contribution is 5.76. The lowest BCUT2D eigenvalue weighted by Crippen LogP contribution is -2.20. The van der Waals surface area contributed by atoms with Gasteiger partial charge in [0.05, 0.1) is 7.11 Å². The summed E-state index contributed by atoms with van der Waals surface area (Å²) in [5, 5.41) is 18.2. The smallest absolute Gasteiger partial charge is 0.325 e. The number of carboxylic acids is 1. The number of carbonyl (C=O) groups is 1. The van der Waals surface area contributed by atoms with Crippen LogP contribution >= 0.6 is 0 Å². The molecule has 0 aliphatic carbocycles. The first kappa shape index (κ1) is 11.3. The number of phenolic OH excluding ortho intramolecular Hbond substituents is 1. The largest absolute Gasteiger partial charge is 0.508 e. The van der Waals surface area contributed by atoms with Crippen molar-refractivity contribution in [2.24, 2.45) is 5.73 Å². The molecule has 1 aromatic carbocycles. The van der Waals surface area contributed by atoms with E-state index in [0.717, 1.165) is 5.56 Å². The van der Waals surface area contributed by atoms with Crippen molar-refractivity contribution < 1.29 is 19.7 Å². The van der Waals surface area contributed by atoms with Gasteiger partial charge in [0, 0.05) is 5.56 Å². The monoisotopic (exact) mass is 211 g/mol. The molecule has 0 radical (unpaired) electrons. The molecule has 1 aromatic rings. The van der Waals surface area contributed by atoms with Gasteiger partial charge in [0.25, 0.3) is 0 Å². The van der Waals surface area contributed by atoms with Gasteiger partial charge in [-0.25, -0.2) is 0 Å². The number of hydrogen-bond acceptors (Lipinski definition) is 4. The maximum Gasteiger partial charge on any atom is 0.325 e. The lowest BCUT2D eigenvalue weighted by Gasteiger charge is -2.12. The number of hydrogen-bond donors (Lipinski definition) is 3. The summed E-state index contributed by atoms with van der Waals surface area (Å²) in [5.41, 5.74) is 6.26. The van der Waals surface area contributed by atoms with Gasteiger partial charge in [-0.1, -0.05) is 0 Å². The van der Waals surface area contributed by atoms with Gasteiger partial charge in [-0.3, -0.25) is 4.79 Å². The summed E-state index contributed by atoms with van der Waals surface area (Å²) < 4.78 is 5.01. The van der Waals surface area contributed by atoms with Crippen molar-refractivity contribution in [3.63, 3.8) is 0 Å². The van der Waals surface area contributed by atoms with Crippen molar-refractivity contribution in [2.75, 3.05) is 7.11 Å². The predicted octanol–water partition coefficient (Wildman–Crippen LogP) is 0.794. The van der Waals surface area contributed by atoms with Crippen LogP contribution in [0.25, 0.3) is 0 Å². The Morgan fingerprint density at radius 2 is 2.13 bits per heavy atom. The van der Waals surface area contributed by atoms with Crippen LogP contribution in [-0.4, -0.2) is 23.3 Å². The molecule has 15 heavy (non-hydrogen) atoms. The first-order chi connectivity index (χ1) is 6.97. The van der Waals surface area contributed by atoms with E-state index < -0.39 is 12.0 Å². The van der Waals surface area contributed by atoms with E-state index in [1.165, 1.54) is 19.2 Å². The second-order valence-electron chi connectivity index (χ2n) is 3.20. The van der Waals surface area contributed by atoms with Crippen LogP contribution in [0.3, 0.4) is 0 Å². The molecule has 1 atom stereocenters. The molecule has 0 saturated heterocycles. The molecule has 0 aromatic heterocycles. The van der Waals surface area contributed by atoms with Crippen LogP contribution in [0.15, 0.2) is 12.1 Å². The van der Waals surface area contributed by atoms with Crippen LogP contribution in [0.4, 0.5) is 0 Å². The third-order valence-corrected chi connectivity index (χ3v) is 2.15. The first-order valence-corrected chi connectivity index (χ1v) is 4.33. The molecule has 0 bridgehead atoms. The number of phenols is 1. The molecular formula is C10H13NO4. The summed E-state index contributed by atoms with van der Waals surface area (Å²) in [6, 6.07) is 1.61. The molecular weight excluding hydrogens is 198 g/mol. The topological polar surface area (TPSA) is 92.8 Å². The van der Waals surface area contributed by atoms with Crippen LogP contribution < -0.4 is 10.5 Å². The summed E-state index contributed by atoms with van der Waals surface area (Å²) in [7, 11) is 1.47. The van der Waals surface area contributed by atoms with Gasteiger partial charge in [0.2, 0.25) is 0 Å². The highest BCUT2D eigenvalue weighted by Gasteiger charge is 2.19. The zero-order valence-corrected chi connectivity index (χ0v) is 8.52. The number of methoxy groups -OCH3 is 1. The molecule has 1 rings (SSSR count). The van der Waals surface area contributed by atoms with Crippen molar-refractivity contribution in [3.05, 3.63) is 23.3 Å². The molecule has 0 saturated carbocycles. The minimum atomic E-state index is -1.25. The Bertz CT molecular complexity index is 389. The second kappa shape index (κ2) is 4.18. The summed E-state index contributed by atoms with van der Waals surface area (Å²) in [5.74, 6) is -0.834. The molecule has 0 spiro atoms. The Morgan fingerprint density at radius 1 is 1.53 bits per heavy atom. The van der Waals surface area contributed by atoms with Crippen molar-refractivity contribution in [1.82, 2.24) is 0 Å². The van der Waals surface area contributed by atoms with Gasteiger partial charge in [0.15, 0.2) is 0 Å². The van der Waals surface area contributed by atoms with Crippen molar-refractivity contribution in [3.8, 4) is 11.5 Å². The van der Waals surface area contributed by atoms with Gasteiger partial charge in [-0.15, -0.1) is 0 Å².